The van der Waals surface area contributed by atoms with Gasteiger partial charge in [-0.05, 0) is 38.8 Å². The van der Waals surface area contributed by atoms with E-state index in [0.717, 1.165) is 11.4 Å². The Morgan fingerprint density at radius 3 is 1.17 bits per heavy atom. The van der Waals surface area contributed by atoms with Gasteiger partial charge in [0.05, 0.1) is 11.4 Å². The largest absolute Gasteiger partial charge is 0.155 e. The Morgan fingerprint density at radius 2 is 0.917 bits per heavy atom. The van der Waals surface area contributed by atoms with Gasteiger partial charge in [0, 0.05) is 0 Å². The minimum Gasteiger partial charge on any atom is -0.155 e. The minimum absolute atomic E-state index is 1.03. The molecule has 68 valence electrons. The van der Waals surface area contributed by atoms with Gasteiger partial charge in [0.2, 0.25) is 0 Å². The molecule has 0 N–H and O–H groups in total. The fourth-order valence-electron chi connectivity index (χ4n) is 0.843. The highest BCUT2D eigenvalue weighted by Crippen LogP contribution is 2.10. The number of rotatable bonds is 0. The van der Waals surface area contributed by atoms with Crippen molar-refractivity contribution < 1.29 is 0 Å². The second-order valence-corrected chi connectivity index (χ2v) is 2.62. The lowest BCUT2D eigenvalue weighted by Crippen LogP contribution is -1.97. The van der Waals surface area contributed by atoms with E-state index in [1.807, 2.05) is 27.7 Å². The number of aryl methyl sites for hydroxylation is 2. The maximum absolute atomic E-state index is 3.99. The van der Waals surface area contributed by atoms with Crippen LogP contribution in [0.4, 0.5) is 0 Å². The maximum atomic E-state index is 3.99. The fourth-order valence-corrected chi connectivity index (χ4v) is 0.843. The number of nitrogens with zero attached hydrogens (tertiary/aromatic N) is 2. The highest BCUT2D eigenvalue weighted by Gasteiger charge is 2.00. The van der Waals surface area contributed by atoms with E-state index in [2.05, 4.69) is 24.0 Å². The minimum atomic E-state index is 1.03. The third-order valence-corrected chi connectivity index (χ3v) is 2.00. The average molecular weight is 166 g/mol. The molecule has 0 radical (unpaired) electrons. The molecule has 0 fully saturated rings. The first-order chi connectivity index (χ1) is 5.63. The molecule has 0 saturated carbocycles. The molecule has 0 aromatic carbocycles. The van der Waals surface area contributed by atoms with E-state index in [1.54, 1.807) is 0 Å². The van der Waals surface area contributed by atoms with Crippen LogP contribution in [-0.2, 0) is 0 Å². The van der Waals surface area contributed by atoms with Crippen LogP contribution in [0.3, 0.4) is 0 Å². The van der Waals surface area contributed by atoms with Gasteiger partial charge in [-0.3, -0.25) is 0 Å². The Morgan fingerprint density at radius 1 is 0.667 bits per heavy atom. The van der Waals surface area contributed by atoms with Crippen molar-refractivity contribution in [3.8, 4) is 0 Å². The van der Waals surface area contributed by atoms with E-state index in [9.17, 15) is 0 Å². The van der Waals surface area contributed by atoms with Crippen molar-refractivity contribution in [2.24, 2.45) is 0 Å². The lowest BCUT2D eigenvalue weighted by Gasteiger charge is -2.03. The van der Waals surface area contributed by atoms with Crippen molar-refractivity contribution in [3.05, 3.63) is 22.5 Å². The van der Waals surface area contributed by atoms with Gasteiger partial charge in [-0.15, -0.1) is 0 Å². The van der Waals surface area contributed by atoms with Crippen molar-refractivity contribution in [1.29, 1.82) is 0 Å². The van der Waals surface area contributed by atoms with E-state index in [-0.39, 0.29) is 0 Å². The first kappa shape index (κ1) is 11.1. The van der Waals surface area contributed by atoms with Crippen molar-refractivity contribution >= 4 is 0 Å². The molecule has 1 rings (SSSR count). The molecule has 0 unspecified atom stereocenters. The summed E-state index contributed by atoms with van der Waals surface area (Å²) < 4.78 is 0. The molecule has 0 spiro atoms. The molecule has 0 bridgehead atoms. The predicted molar refractivity (Wildman–Crippen MR) is 52.3 cm³/mol. The smallest absolute Gasteiger partial charge is 0.0632 e. The monoisotopic (exact) mass is 166 g/mol. The molecule has 12 heavy (non-hydrogen) atoms. The Labute approximate surface area is 75.0 Å². The second-order valence-electron chi connectivity index (χ2n) is 2.62. The molecule has 0 aliphatic carbocycles. The third kappa shape index (κ3) is 2.29. The fraction of sp³-hybridized carbons (Fsp3) is 0.600. The predicted octanol–water partition coefficient (Wildman–Crippen LogP) is 2.74. The number of aromatic nitrogens is 2. The zero-order valence-electron chi connectivity index (χ0n) is 8.89. The van der Waals surface area contributed by atoms with Crippen molar-refractivity contribution in [2.75, 3.05) is 0 Å². The molecule has 1 aromatic heterocycles. The maximum Gasteiger partial charge on any atom is 0.0632 e. The summed E-state index contributed by atoms with van der Waals surface area (Å²) in [6, 6.07) is 0. The van der Waals surface area contributed by atoms with E-state index < -0.39 is 0 Å². The van der Waals surface area contributed by atoms with Gasteiger partial charge in [-0.2, -0.15) is 10.2 Å². The zero-order chi connectivity index (χ0) is 9.72. The van der Waals surface area contributed by atoms with Gasteiger partial charge in [0.1, 0.15) is 0 Å². The molecular formula is C10H18N2. The van der Waals surface area contributed by atoms with Gasteiger partial charge in [-0.25, -0.2) is 0 Å². The van der Waals surface area contributed by atoms with Crippen LogP contribution in [-0.4, -0.2) is 10.2 Å². The quantitative estimate of drug-likeness (QED) is 0.592. The summed E-state index contributed by atoms with van der Waals surface area (Å²) in [7, 11) is 0. The van der Waals surface area contributed by atoms with Crippen LogP contribution in [0.5, 0.6) is 0 Å². The summed E-state index contributed by atoms with van der Waals surface area (Å²) >= 11 is 0. The Kier molecular flexibility index (Phi) is 4.49. The SMILES string of the molecule is CC.Cc1nnc(C)c(C)c1C. The van der Waals surface area contributed by atoms with Crippen LogP contribution in [0.1, 0.15) is 36.4 Å². The van der Waals surface area contributed by atoms with Crippen LogP contribution in [0, 0.1) is 27.7 Å². The van der Waals surface area contributed by atoms with Crippen LogP contribution < -0.4 is 0 Å². The molecule has 0 amide bonds. The molecule has 1 heterocycles. The molecule has 1 aromatic rings. The zero-order valence-corrected chi connectivity index (χ0v) is 8.89. The van der Waals surface area contributed by atoms with Gasteiger partial charge < -0.3 is 0 Å². The van der Waals surface area contributed by atoms with Gasteiger partial charge in [-0.1, -0.05) is 13.8 Å². The first-order valence-electron chi connectivity index (χ1n) is 4.40. The van der Waals surface area contributed by atoms with Crippen molar-refractivity contribution in [2.45, 2.75) is 41.5 Å². The Bertz CT molecular complexity index is 227. The molecule has 0 atom stereocenters. The summed E-state index contributed by atoms with van der Waals surface area (Å²) in [5.74, 6) is 0. The molecular weight excluding hydrogens is 148 g/mol. The summed E-state index contributed by atoms with van der Waals surface area (Å²) in [4.78, 5) is 0. The van der Waals surface area contributed by atoms with Crippen LogP contribution in [0.25, 0.3) is 0 Å². The lowest BCUT2D eigenvalue weighted by atomic mass is 10.1. The molecule has 0 aliphatic rings. The van der Waals surface area contributed by atoms with Gasteiger partial charge in [0.25, 0.3) is 0 Å². The highest BCUT2D eigenvalue weighted by molar-refractivity contribution is 5.28. The molecule has 0 saturated heterocycles. The number of hydrogen-bond acceptors (Lipinski definition) is 2. The Balaban J connectivity index is 0.000000561. The summed E-state index contributed by atoms with van der Waals surface area (Å²) in [6.45, 7) is 12.1. The molecule has 2 nitrogen and oxygen atoms in total. The van der Waals surface area contributed by atoms with Gasteiger partial charge in [0.15, 0.2) is 0 Å². The van der Waals surface area contributed by atoms with Crippen LogP contribution in [0.2, 0.25) is 0 Å². The first-order valence-corrected chi connectivity index (χ1v) is 4.40. The number of hydrogen-bond donors (Lipinski definition) is 0. The lowest BCUT2D eigenvalue weighted by molar-refractivity contribution is 0.905. The summed E-state index contributed by atoms with van der Waals surface area (Å²) in [6.07, 6.45) is 0. The summed E-state index contributed by atoms with van der Waals surface area (Å²) in [5, 5.41) is 7.98. The van der Waals surface area contributed by atoms with E-state index >= 15 is 0 Å². The van der Waals surface area contributed by atoms with Crippen molar-refractivity contribution in [1.82, 2.24) is 10.2 Å². The second kappa shape index (κ2) is 4.86. The van der Waals surface area contributed by atoms with Crippen molar-refractivity contribution in [3.63, 3.8) is 0 Å². The van der Waals surface area contributed by atoms with Gasteiger partial charge >= 0.3 is 0 Å². The van der Waals surface area contributed by atoms with Crippen LogP contribution in [0.15, 0.2) is 0 Å². The standard InChI is InChI=1S/C8H12N2.C2H6/c1-5-6(2)8(4)10-9-7(5)3;1-2/h1-4H3;1-2H3. The Hall–Kier alpha value is -0.920. The van der Waals surface area contributed by atoms with E-state index in [1.165, 1.54) is 11.1 Å². The van der Waals surface area contributed by atoms with E-state index in [0.29, 0.717) is 0 Å². The summed E-state index contributed by atoms with van der Waals surface area (Å²) in [5.41, 5.74) is 4.58. The third-order valence-electron chi connectivity index (χ3n) is 2.00. The topological polar surface area (TPSA) is 25.8 Å². The molecule has 2 heteroatoms. The average Bonchev–Trinajstić information content (AvgIpc) is 2.12. The van der Waals surface area contributed by atoms with Crippen LogP contribution >= 0.6 is 0 Å². The highest BCUT2D eigenvalue weighted by atomic mass is 15.1. The normalized spacial score (nSPS) is 8.83. The molecule has 0 aliphatic heterocycles. The van der Waals surface area contributed by atoms with E-state index in [4.69, 9.17) is 0 Å².